The normalized spacial score (nSPS) is 16.0. The number of amides is 2. The molecule has 1 aliphatic rings. The third-order valence-electron chi connectivity index (χ3n) is 3.83. The first-order chi connectivity index (χ1) is 10.5. The lowest BCUT2D eigenvalue weighted by molar-refractivity contribution is -0.123. The monoisotopic (exact) mass is 359 g/mol. The average Bonchev–Trinajstić information content (AvgIpc) is 3.29. The maximum atomic E-state index is 12.2. The molecule has 1 aromatic carbocycles. The molecule has 1 aromatic rings. The van der Waals surface area contributed by atoms with Crippen molar-refractivity contribution in [1.82, 2.24) is 10.6 Å². The fraction of sp³-hybridized carbons (Fsp3) is 0.500. The summed E-state index contributed by atoms with van der Waals surface area (Å²) >= 11 is 5.88. The molecule has 23 heavy (non-hydrogen) atoms. The second kappa shape index (κ2) is 9.11. The van der Waals surface area contributed by atoms with Crippen molar-refractivity contribution in [3.63, 3.8) is 0 Å². The van der Waals surface area contributed by atoms with Gasteiger partial charge in [0.15, 0.2) is 0 Å². The van der Waals surface area contributed by atoms with Crippen molar-refractivity contribution in [2.75, 3.05) is 6.54 Å². The van der Waals surface area contributed by atoms with Crippen molar-refractivity contribution < 1.29 is 9.59 Å². The third kappa shape index (κ3) is 6.37. The number of carbonyl (C=O) groups excluding carboxylic acids is 2. The number of hydrogen-bond acceptors (Lipinski definition) is 3. The van der Waals surface area contributed by atoms with Crippen LogP contribution < -0.4 is 16.4 Å². The highest BCUT2D eigenvalue weighted by Crippen LogP contribution is 2.32. The van der Waals surface area contributed by atoms with Gasteiger partial charge in [-0.1, -0.05) is 23.7 Å². The van der Waals surface area contributed by atoms with Gasteiger partial charge >= 0.3 is 0 Å². The highest BCUT2D eigenvalue weighted by molar-refractivity contribution is 6.30. The molecule has 0 heterocycles. The summed E-state index contributed by atoms with van der Waals surface area (Å²) in [5.41, 5.74) is 6.55. The molecule has 2 amide bonds. The molecule has 5 nitrogen and oxygen atoms in total. The van der Waals surface area contributed by atoms with Crippen molar-refractivity contribution >= 4 is 35.8 Å². The van der Waals surface area contributed by atoms with Crippen LogP contribution in [-0.2, 0) is 9.59 Å². The highest BCUT2D eigenvalue weighted by atomic mass is 35.5. The number of nitrogens with two attached hydrogens (primary N) is 1. The lowest BCUT2D eigenvalue weighted by atomic mass is 10.0. The van der Waals surface area contributed by atoms with Gasteiger partial charge in [-0.05, 0) is 36.5 Å². The zero-order valence-corrected chi connectivity index (χ0v) is 14.6. The van der Waals surface area contributed by atoms with Crippen molar-refractivity contribution in [1.29, 1.82) is 0 Å². The van der Waals surface area contributed by atoms with E-state index in [0.717, 1.165) is 18.4 Å². The second-order valence-corrected chi connectivity index (χ2v) is 6.19. The highest BCUT2D eigenvalue weighted by Gasteiger charge is 2.31. The first-order valence-corrected chi connectivity index (χ1v) is 7.89. The predicted molar refractivity (Wildman–Crippen MR) is 93.6 cm³/mol. The van der Waals surface area contributed by atoms with Crippen LogP contribution >= 0.6 is 24.0 Å². The van der Waals surface area contributed by atoms with E-state index in [1.807, 2.05) is 12.1 Å². The van der Waals surface area contributed by atoms with E-state index in [1.165, 1.54) is 6.92 Å². The van der Waals surface area contributed by atoms with Crippen LogP contribution in [0.2, 0.25) is 5.02 Å². The number of hydrogen-bond donors (Lipinski definition) is 3. The van der Waals surface area contributed by atoms with Gasteiger partial charge in [-0.25, -0.2) is 0 Å². The minimum absolute atomic E-state index is 0. The Morgan fingerprint density at radius 1 is 1.26 bits per heavy atom. The first kappa shape index (κ1) is 19.7. The molecule has 0 saturated heterocycles. The molecule has 1 aliphatic carbocycles. The summed E-state index contributed by atoms with van der Waals surface area (Å²) < 4.78 is 0. The number of rotatable bonds is 7. The molecule has 0 spiro atoms. The molecule has 2 unspecified atom stereocenters. The van der Waals surface area contributed by atoms with Crippen molar-refractivity contribution in [2.45, 2.75) is 38.3 Å². The van der Waals surface area contributed by atoms with Gasteiger partial charge in [0.1, 0.15) is 0 Å². The number of nitrogens with one attached hydrogen (secondary N) is 2. The van der Waals surface area contributed by atoms with Gasteiger partial charge in [0.25, 0.3) is 0 Å². The van der Waals surface area contributed by atoms with E-state index in [2.05, 4.69) is 10.6 Å². The van der Waals surface area contributed by atoms with Crippen LogP contribution in [0.5, 0.6) is 0 Å². The largest absolute Gasteiger partial charge is 0.352 e. The molecule has 2 atom stereocenters. The lowest BCUT2D eigenvalue weighted by Crippen LogP contribution is -2.43. The van der Waals surface area contributed by atoms with Gasteiger partial charge in [-0.2, -0.15) is 0 Å². The number of benzene rings is 1. The second-order valence-electron chi connectivity index (χ2n) is 5.76. The van der Waals surface area contributed by atoms with Crippen LogP contribution in [0.25, 0.3) is 0 Å². The molecule has 0 aromatic heterocycles. The number of halogens is 2. The Hall–Kier alpha value is -1.30. The van der Waals surface area contributed by atoms with Crippen LogP contribution in [0, 0.1) is 5.92 Å². The van der Waals surface area contributed by atoms with Crippen LogP contribution in [0.3, 0.4) is 0 Å². The van der Waals surface area contributed by atoms with Crippen LogP contribution in [0.15, 0.2) is 24.3 Å². The van der Waals surface area contributed by atoms with Crippen LogP contribution in [0.4, 0.5) is 0 Å². The maximum Gasteiger partial charge on any atom is 0.222 e. The molecule has 1 fully saturated rings. The van der Waals surface area contributed by atoms with E-state index in [4.69, 9.17) is 17.3 Å². The molecular weight excluding hydrogens is 337 g/mol. The summed E-state index contributed by atoms with van der Waals surface area (Å²) in [5, 5.41) is 6.40. The zero-order chi connectivity index (χ0) is 16.1. The average molecular weight is 360 g/mol. The van der Waals surface area contributed by atoms with E-state index in [0.29, 0.717) is 17.5 Å². The van der Waals surface area contributed by atoms with Gasteiger partial charge in [0.05, 0.1) is 12.5 Å². The van der Waals surface area contributed by atoms with E-state index >= 15 is 0 Å². The predicted octanol–water partition coefficient (Wildman–Crippen LogP) is 2.18. The molecular formula is C16H23Cl2N3O2. The van der Waals surface area contributed by atoms with Gasteiger partial charge in [0.2, 0.25) is 11.8 Å². The van der Waals surface area contributed by atoms with Crippen molar-refractivity contribution in [2.24, 2.45) is 11.7 Å². The van der Waals surface area contributed by atoms with E-state index < -0.39 is 0 Å². The summed E-state index contributed by atoms with van der Waals surface area (Å²) in [6.45, 7) is 1.88. The fourth-order valence-corrected chi connectivity index (χ4v) is 2.64. The first-order valence-electron chi connectivity index (χ1n) is 7.51. The molecule has 0 aliphatic heterocycles. The molecule has 7 heteroatoms. The summed E-state index contributed by atoms with van der Waals surface area (Å²) in [5.74, 6) is 0.227. The summed E-state index contributed by atoms with van der Waals surface area (Å²) in [7, 11) is 0. The fourth-order valence-electron chi connectivity index (χ4n) is 2.51. The third-order valence-corrected chi connectivity index (χ3v) is 4.08. The SMILES string of the molecule is CC(=O)NC(CC(=O)NC(CN)C1CC1)c1ccc(Cl)cc1.Cl. The minimum Gasteiger partial charge on any atom is -0.352 e. The lowest BCUT2D eigenvalue weighted by Gasteiger charge is -2.21. The van der Waals surface area contributed by atoms with Gasteiger partial charge in [0, 0.05) is 24.5 Å². The summed E-state index contributed by atoms with van der Waals surface area (Å²) in [4.78, 5) is 23.6. The number of carbonyl (C=O) groups is 2. The van der Waals surface area contributed by atoms with Crippen LogP contribution in [0.1, 0.15) is 37.8 Å². The van der Waals surface area contributed by atoms with Crippen molar-refractivity contribution in [3.8, 4) is 0 Å². The molecule has 2 rings (SSSR count). The molecule has 128 valence electrons. The maximum absolute atomic E-state index is 12.2. The Morgan fingerprint density at radius 3 is 2.35 bits per heavy atom. The molecule has 4 N–H and O–H groups in total. The minimum atomic E-state index is -0.368. The molecule has 0 bridgehead atoms. The Balaban J connectivity index is 0.00000264. The van der Waals surface area contributed by atoms with E-state index in [-0.39, 0.29) is 42.7 Å². The molecule has 0 radical (unpaired) electrons. The Kier molecular flexibility index (Phi) is 7.82. The van der Waals surface area contributed by atoms with Crippen LogP contribution in [-0.4, -0.2) is 24.4 Å². The van der Waals surface area contributed by atoms with Gasteiger partial charge < -0.3 is 16.4 Å². The van der Waals surface area contributed by atoms with Crippen molar-refractivity contribution in [3.05, 3.63) is 34.9 Å². The topological polar surface area (TPSA) is 84.2 Å². The van der Waals surface area contributed by atoms with E-state index in [1.54, 1.807) is 12.1 Å². The van der Waals surface area contributed by atoms with Gasteiger partial charge in [-0.3, -0.25) is 9.59 Å². The standard InChI is InChI=1S/C16H22ClN3O2.ClH/c1-10(21)19-14(11-4-6-13(17)7-5-11)8-16(22)20-15(9-18)12-2-3-12;/h4-7,12,14-15H,2-3,8-9,18H2,1H3,(H,19,21)(H,20,22);1H. The smallest absolute Gasteiger partial charge is 0.222 e. The zero-order valence-electron chi connectivity index (χ0n) is 13.0. The molecule has 1 saturated carbocycles. The van der Waals surface area contributed by atoms with Gasteiger partial charge in [-0.15, -0.1) is 12.4 Å². The Labute approximate surface area is 147 Å². The summed E-state index contributed by atoms with van der Waals surface area (Å²) in [6.07, 6.45) is 2.42. The Morgan fingerprint density at radius 2 is 1.87 bits per heavy atom. The van der Waals surface area contributed by atoms with E-state index in [9.17, 15) is 9.59 Å². The Bertz CT molecular complexity index is 533. The quantitative estimate of drug-likeness (QED) is 0.697. The summed E-state index contributed by atoms with van der Waals surface area (Å²) in [6, 6.07) is 6.80.